The van der Waals surface area contributed by atoms with Crippen molar-refractivity contribution in [2.24, 2.45) is 7.05 Å². The molecule has 0 saturated carbocycles. The molecule has 6 nitrogen and oxygen atoms in total. The van der Waals surface area contributed by atoms with Crippen LogP contribution in [-0.4, -0.2) is 36.4 Å². The van der Waals surface area contributed by atoms with Gasteiger partial charge in [0.15, 0.2) is 0 Å². The number of carbonyl (C=O) groups excluding carboxylic acids is 1. The van der Waals surface area contributed by atoms with Crippen LogP contribution < -0.4 is 0 Å². The smallest absolute Gasteiger partial charge is 0.247 e. The Balaban J connectivity index is 1.60. The molecular formula is C27H29N5O. The van der Waals surface area contributed by atoms with E-state index in [1.54, 1.807) is 17.0 Å². The van der Waals surface area contributed by atoms with Gasteiger partial charge in [0.2, 0.25) is 5.91 Å². The zero-order chi connectivity index (χ0) is 23.2. The van der Waals surface area contributed by atoms with Crippen molar-refractivity contribution in [2.45, 2.75) is 33.0 Å². The average molecular weight is 440 g/mol. The van der Waals surface area contributed by atoms with Gasteiger partial charge in [-0.15, -0.1) is 0 Å². The summed E-state index contributed by atoms with van der Waals surface area (Å²) in [5, 5.41) is 9.05. The average Bonchev–Trinajstić information content (AvgIpc) is 3.42. The number of rotatable bonds is 8. The van der Waals surface area contributed by atoms with Crippen LogP contribution in [0.2, 0.25) is 0 Å². The SMILES string of the molecule is CC(C)N(Cc1cnn(C)c1)C(=O)C=Cc1cn(Cc2ccccc2)nc1-c1ccccc1. The molecular weight excluding hydrogens is 410 g/mol. The van der Waals surface area contributed by atoms with Crippen molar-refractivity contribution >= 4 is 12.0 Å². The lowest BCUT2D eigenvalue weighted by Crippen LogP contribution is -2.35. The lowest BCUT2D eigenvalue weighted by atomic mass is 10.1. The van der Waals surface area contributed by atoms with Gasteiger partial charge in [0.05, 0.1) is 18.4 Å². The minimum Gasteiger partial charge on any atom is -0.332 e. The first-order valence-electron chi connectivity index (χ1n) is 11.1. The van der Waals surface area contributed by atoms with Gasteiger partial charge in [0.1, 0.15) is 0 Å². The molecule has 2 aromatic carbocycles. The molecule has 0 bridgehead atoms. The van der Waals surface area contributed by atoms with E-state index in [-0.39, 0.29) is 11.9 Å². The van der Waals surface area contributed by atoms with E-state index in [1.165, 1.54) is 5.56 Å². The number of aromatic nitrogens is 4. The number of hydrogen-bond acceptors (Lipinski definition) is 3. The molecule has 0 fully saturated rings. The molecule has 0 aliphatic heterocycles. The maximum Gasteiger partial charge on any atom is 0.247 e. The van der Waals surface area contributed by atoms with E-state index >= 15 is 0 Å². The number of nitrogens with zero attached hydrogens (tertiary/aromatic N) is 5. The molecule has 168 valence electrons. The molecule has 33 heavy (non-hydrogen) atoms. The molecule has 2 heterocycles. The number of amides is 1. The van der Waals surface area contributed by atoms with E-state index in [0.29, 0.717) is 13.1 Å². The van der Waals surface area contributed by atoms with Crippen molar-refractivity contribution < 1.29 is 4.79 Å². The first kappa shape index (κ1) is 22.3. The molecule has 4 aromatic rings. The summed E-state index contributed by atoms with van der Waals surface area (Å²) in [6, 6.07) is 20.4. The molecule has 1 amide bonds. The van der Waals surface area contributed by atoms with E-state index in [4.69, 9.17) is 5.10 Å². The maximum absolute atomic E-state index is 13.1. The third-order valence-corrected chi connectivity index (χ3v) is 5.45. The number of benzene rings is 2. The summed E-state index contributed by atoms with van der Waals surface area (Å²) in [4.78, 5) is 14.9. The Morgan fingerprint density at radius 2 is 1.70 bits per heavy atom. The molecule has 0 spiro atoms. The van der Waals surface area contributed by atoms with Crippen LogP contribution in [0.5, 0.6) is 0 Å². The molecule has 0 aliphatic rings. The molecule has 0 aliphatic carbocycles. The van der Waals surface area contributed by atoms with Crippen LogP contribution in [0.15, 0.2) is 85.3 Å². The molecule has 0 atom stereocenters. The van der Waals surface area contributed by atoms with E-state index < -0.39 is 0 Å². The summed E-state index contributed by atoms with van der Waals surface area (Å²) in [7, 11) is 1.88. The highest BCUT2D eigenvalue weighted by atomic mass is 16.2. The van der Waals surface area contributed by atoms with Crippen LogP contribution >= 0.6 is 0 Å². The Bertz CT molecular complexity index is 1220. The minimum absolute atomic E-state index is 0.0383. The van der Waals surface area contributed by atoms with Crippen LogP contribution in [0.25, 0.3) is 17.3 Å². The lowest BCUT2D eigenvalue weighted by molar-refractivity contribution is -0.128. The van der Waals surface area contributed by atoms with Crippen LogP contribution in [0.3, 0.4) is 0 Å². The lowest BCUT2D eigenvalue weighted by Gasteiger charge is -2.24. The van der Waals surface area contributed by atoms with Gasteiger partial charge in [-0.3, -0.25) is 14.2 Å². The maximum atomic E-state index is 13.1. The molecule has 4 rings (SSSR count). The summed E-state index contributed by atoms with van der Waals surface area (Å²) in [6.45, 7) is 5.24. The first-order chi connectivity index (χ1) is 16.0. The van der Waals surface area contributed by atoms with Crippen LogP contribution in [-0.2, 0) is 24.9 Å². The van der Waals surface area contributed by atoms with Crippen LogP contribution in [0.4, 0.5) is 0 Å². The summed E-state index contributed by atoms with van der Waals surface area (Å²) in [6.07, 6.45) is 9.26. The topological polar surface area (TPSA) is 56.0 Å². The van der Waals surface area contributed by atoms with Gasteiger partial charge >= 0.3 is 0 Å². The third-order valence-electron chi connectivity index (χ3n) is 5.45. The predicted molar refractivity (Wildman–Crippen MR) is 131 cm³/mol. The summed E-state index contributed by atoms with van der Waals surface area (Å²) < 4.78 is 3.68. The van der Waals surface area contributed by atoms with Gasteiger partial charge in [-0.1, -0.05) is 60.7 Å². The van der Waals surface area contributed by atoms with E-state index in [1.807, 2.05) is 97.5 Å². The molecule has 6 heteroatoms. The van der Waals surface area contributed by atoms with E-state index in [9.17, 15) is 4.79 Å². The van der Waals surface area contributed by atoms with Crippen molar-refractivity contribution in [2.75, 3.05) is 0 Å². The fourth-order valence-electron chi connectivity index (χ4n) is 3.75. The highest BCUT2D eigenvalue weighted by Gasteiger charge is 2.17. The van der Waals surface area contributed by atoms with E-state index in [0.717, 1.165) is 22.4 Å². The zero-order valence-corrected chi connectivity index (χ0v) is 19.3. The Morgan fingerprint density at radius 1 is 1.00 bits per heavy atom. The van der Waals surface area contributed by atoms with E-state index in [2.05, 4.69) is 17.2 Å². The Kier molecular flexibility index (Phi) is 6.83. The van der Waals surface area contributed by atoms with Crippen molar-refractivity contribution in [1.82, 2.24) is 24.5 Å². The second kappa shape index (κ2) is 10.1. The first-order valence-corrected chi connectivity index (χ1v) is 11.1. The van der Waals surface area contributed by atoms with Gasteiger partial charge in [-0.25, -0.2) is 0 Å². The van der Waals surface area contributed by atoms with Crippen molar-refractivity contribution in [3.05, 3.63) is 102 Å². The second-order valence-electron chi connectivity index (χ2n) is 8.40. The molecule has 0 unspecified atom stereocenters. The van der Waals surface area contributed by atoms with Gasteiger partial charge in [0, 0.05) is 54.8 Å². The fourth-order valence-corrected chi connectivity index (χ4v) is 3.75. The van der Waals surface area contributed by atoms with Gasteiger partial charge in [0.25, 0.3) is 0 Å². The number of hydrogen-bond donors (Lipinski definition) is 0. The molecule has 0 N–H and O–H groups in total. The van der Waals surface area contributed by atoms with Gasteiger partial charge in [-0.2, -0.15) is 10.2 Å². The van der Waals surface area contributed by atoms with Crippen molar-refractivity contribution in [3.63, 3.8) is 0 Å². The van der Waals surface area contributed by atoms with Crippen LogP contribution in [0.1, 0.15) is 30.5 Å². The number of carbonyl (C=O) groups is 1. The quantitative estimate of drug-likeness (QED) is 0.371. The summed E-state index contributed by atoms with van der Waals surface area (Å²) in [5.74, 6) is -0.0383. The standard InChI is InChI=1S/C27H29N5O/c1-21(2)32(19-23-16-28-30(3)17-23)26(33)15-14-25-20-31(18-22-10-6-4-7-11-22)29-27(25)24-12-8-5-9-13-24/h4-17,20-21H,18-19H2,1-3H3. The largest absolute Gasteiger partial charge is 0.332 e. The predicted octanol–water partition coefficient (Wildman–Crippen LogP) is 4.78. The van der Waals surface area contributed by atoms with Crippen molar-refractivity contribution in [1.29, 1.82) is 0 Å². The normalized spacial score (nSPS) is 11.4. The Hall–Kier alpha value is -3.93. The Morgan fingerprint density at radius 3 is 2.33 bits per heavy atom. The van der Waals surface area contributed by atoms with Gasteiger partial charge in [-0.05, 0) is 25.5 Å². The minimum atomic E-state index is -0.0383. The summed E-state index contributed by atoms with van der Waals surface area (Å²) in [5.41, 5.74) is 4.98. The zero-order valence-electron chi connectivity index (χ0n) is 19.3. The summed E-state index contributed by atoms with van der Waals surface area (Å²) >= 11 is 0. The monoisotopic (exact) mass is 439 g/mol. The van der Waals surface area contributed by atoms with Gasteiger partial charge < -0.3 is 4.90 Å². The molecule has 2 aromatic heterocycles. The fraction of sp³-hybridized carbons (Fsp3) is 0.222. The molecule has 0 radical (unpaired) electrons. The second-order valence-corrected chi connectivity index (χ2v) is 8.40. The number of aryl methyl sites for hydroxylation is 1. The highest BCUT2D eigenvalue weighted by Crippen LogP contribution is 2.24. The Labute approximate surface area is 194 Å². The highest BCUT2D eigenvalue weighted by molar-refractivity contribution is 5.93. The van der Waals surface area contributed by atoms with Crippen molar-refractivity contribution in [3.8, 4) is 11.3 Å². The third kappa shape index (κ3) is 5.66. The molecule has 0 saturated heterocycles. The van der Waals surface area contributed by atoms with Crippen LogP contribution in [0, 0.1) is 0 Å².